The van der Waals surface area contributed by atoms with Gasteiger partial charge in [0.1, 0.15) is 0 Å². The van der Waals surface area contributed by atoms with E-state index in [9.17, 15) is 13.2 Å². The molecule has 1 aliphatic carbocycles. The number of carbonyl (C=O) groups is 1. The van der Waals surface area contributed by atoms with Gasteiger partial charge in [-0.2, -0.15) is 0 Å². The minimum absolute atomic E-state index is 0.0367. The molecule has 0 aromatic heterocycles. The highest BCUT2D eigenvalue weighted by Crippen LogP contribution is 2.30. The molecule has 0 radical (unpaired) electrons. The monoisotopic (exact) mass is 363 g/mol. The van der Waals surface area contributed by atoms with Crippen molar-refractivity contribution in [3.8, 4) is 0 Å². The van der Waals surface area contributed by atoms with Crippen LogP contribution in [-0.4, -0.2) is 50.4 Å². The van der Waals surface area contributed by atoms with E-state index in [2.05, 4.69) is 10.0 Å². The maximum atomic E-state index is 12.8. The molecule has 2 aliphatic heterocycles. The van der Waals surface area contributed by atoms with E-state index in [0.29, 0.717) is 17.6 Å². The summed E-state index contributed by atoms with van der Waals surface area (Å²) in [4.78, 5) is 14.8. The van der Waals surface area contributed by atoms with Crippen LogP contribution in [0.3, 0.4) is 0 Å². The number of piperidine rings is 1. The lowest BCUT2D eigenvalue weighted by Gasteiger charge is -2.35. The normalized spacial score (nSPS) is 28.8. The third-order valence-electron chi connectivity index (χ3n) is 5.63. The fourth-order valence-electron chi connectivity index (χ4n) is 3.98. The molecular weight excluding hydrogens is 338 g/mol. The second kappa shape index (κ2) is 6.37. The molecule has 2 heterocycles. The molecule has 136 valence electrons. The summed E-state index contributed by atoms with van der Waals surface area (Å²) >= 11 is 0. The second-order valence-electron chi connectivity index (χ2n) is 7.60. The van der Waals surface area contributed by atoms with Crippen molar-refractivity contribution in [1.29, 1.82) is 0 Å². The fourth-order valence-corrected chi connectivity index (χ4v) is 5.28. The van der Waals surface area contributed by atoms with E-state index < -0.39 is 10.0 Å². The molecular formula is C18H25N3O3S. The van der Waals surface area contributed by atoms with Crippen molar-refractivity contribution in [1.82, 2.24) is 14.9 Å². The molecule has 2 N–H and O–H groups in total. The summed E-state index contributed by atoms with van der Waals surface area (Å²) < 4.78 is 27.1. The first-order valence-electron chi connectivity index (χ1n) is 9.08. The van der Waals surface area contributed by atoms with Crippen molar-refractivity contribution < 1.29 is 13.2 Å². The Bertz CT molecular complexity index is 746. The molecule has 2 saturated heterocycles. The van der Waals surface area contributed by atoms with Gasteiger partial charge >= 0.3 is 0 Å². The van der Waals surface area contributed by atoms with Gasteiger partial charge in [-0.1, -0.05) is 0 Å². The second-order valence-corrected chi connectivity index (χ2v) is 9.31. The highest BCUT2D eigenvalue weighted by atomic mass is 32.2. The summed E-state index contributed by atoms with van der Waals surface area (Å²) in [5.74, 6) is -0.0367. The number of nitrogens with zero attached hydrogens (tertiary/aromatic N) is 1. The summed E-state index contributed by atoms with van der Waals surface area (Å²) in [6.07, 6.45) is 6.19. The molecule has 2 unspecified atom stereocenters. The van der Waals surface area contributed by atoms with Crippen molar-refractivity contribution in [2.75, 3.05) is 7.05 Å². The maximum absolute atomic E-state index is 12.8. The summed E-state index contributed by atoms with van der Waals surface area (Å²) in [6, 6.07) is 7.68. The van der Waals surface area contributed by atoms with Gasteiger partial charge in [-0.15, -0.1) is 0 Å². The molecule has 3 fully saturated rings. The Balaban J connectivity index is 1.45. The summed E-state index contributed by atoms with van der Waals surface area (Å²) in [5.41, 5.74) is 0.541. The van der Waals surface area contributed by atoms with Crippen molar-refractivity contribution in [2.45, 2.75) is 67.6 Å². The number of benzene rings is 1. The zero-order chi connectivity index (χ0) is 17.6. The maximum Gasteiger partial charge on any atom is 0.253 e. The lowest BCUT2D eigenvalue weighted by molar-refractivity contribution is 0.0681. The number of hydrogen-bond donors (Lipinski definition) is 2. The highest BCUT2D eigenvalue weighted by Gasteiger charge is 2.36. The lowest BCUT2D eigenvalue weighted by Crippen LogP contribution is -2.48. The van der Waals surface area contributed by atoms with Crippen LogP contribution in [0.15, 0.2) is 29.2 Å². The first kappa shape index (κ1) is 17.0. The average Bonchev–Trinajstić information content (AvgIpc) is 3.35. The smallest absolute Gasteiger partial charge is 0.253 e. The van der Waals surface area contributed by atoms with E-state index in [1.165, 1.54) is 25.0 Å². The molecule has 25 heavy (non-hydrogen) atoms. The summed E-state index contributed by atoms with van der Waals surface area (Å²) in [7, 11) is -1.61. The summed E-state index contributed by atoms with van der Waals surface area (Å²) in [6.45, 7) is 0. The number of rotatable bonds is 5. The van der Waals surface area contributed by atoms with E-state index in [0.717, 1.165) is 25.7 Å². The zero-order valence-corrected chi connectivity index (χ0v) is 15.3. The molecule has 1 aromatic carbocycles. The van der Waals surface area contributed by atoms with Crippen LogP contribution in [0, 0.1) is 0 Å². The predicted octanol–water partition coefficient (Wildman–Crippen LogP) is 1.48. The Morgan fingerprint density at radius 3 is 2.24 bits per heavy atom. The number of fused-ring (bicyclic) bond motifs is 2. The molecule has 6 nitrogen and oxygen atoms in total. The average molecular weight is 363 g/mol. The molecule has 4 rings (SSSR count). The Hall–Kier alpha value is -1.44. The molecule has 1 amide bonds. The van der Waals surface area contributed by atoms with Crippen molar-refractivity contribution in [3.05, 3.63) is 29.8 Å². The van der Waals surface area contributed by atoms with Gasteiger partial charge in [0.05, 0.1) is 4.90 Å². The van der Waals surface area contributed by atoms with Gasteiger partial charge in [0.15, 0.2) is 0 Å². The van der Waals surface area contributed by atoms with E-state index in [4.69, 9.17) is 0 Å². The molecule has 2 atom stereocenters. The first-order valence-corrected chi connectivity index (χ1v) is 10.6. The third-order valence-corrected chi connectivity index (χ3v) is 7.16. The first-order chi connectivity index (χ1) is 11.9. The predicted molar refractivity (Wildman–Crippen MR) is 94.8 cm³/mol. The van der Waals surface area contributed by atoms with Crippen molar-refractivity contribution >= 4 is 15.9 Å². The minimum atomic E-state index is -3.47. The van der Waals surface area contributed by atoms with Gasteiger partial charge in [-0.05, 0) is 62.8 Å². The Morgan fingerprint density at radius 1 is 1.08 bits per heavy atom. The zero-order valence-electron chi connectivity index (χ0n) is 14.4. The highest BCUT2D eigenvalue weighted by molar-refractivity contribution is 7.89. The van der Waals surface area contributed by atoms with Crippen LogP contribution in [0.5, 0.6) is 0 Å². The molecule has 7 heteroatoms. The largest absolute Gasteiger partial charge is 0.339 e. The van der Waals surface area contributed by atoms with Crippen LogP contribution in [0.2, 0.25) is 0 Å². The third kappa shape index (κ3) is 3.59. The molecule has 3 aliphatic rings. The number of sulfonamides is 1. The van der Waals surface area contributed by atoms with Crippen molar-refractivity contribution in [3.63, 3.8) is 0 Å². The van der Waals surface area contributed by atoms with Crippen LogP contribution in [-0.2, 0) is 10.0 Å². The van der Waals surface area contributed by atoms with Crippen LogP contribution >= 0.6 is 0 Å². The van der Waals surface area contributed by atoms with Crippen LogP contribution in [0.1, 0.15) is 48.9 Å². The Kier molecular flexibility index (Phi) is 4.33. The Labute approximate surface area is 149 Å². The molecule has 0 spiro atoms. The van der Waals surface area contributed by atoms with E-state index in [1.54, 1.807) is 12.1 Å². The van der Waals surface area contributed by atoms with Gasteiger partial charge in [-0.25, -0.2) is 13.1 Å². The molecule has 2 bridgehead atoms. The number of nitrogens with one attached hydrogen (secondary N) is 2. The van der Waals surface area contributed by atoms with Crippen molar-refractivity contribution in [2.24, 2.45) is 0 Å². The fraction of sp³-hybridized carbons (Fsp3) is 0.611. The van der Waals surface area contributed by atoms with Gasteiger partial charge < -0.3 is 10.2 Å². The molecule has 1 saturated carbocycles. The van der Waals surface area contributed by atoms with Crippen LogP contribution in [0.4, 0.5) is 0 Å². The van der Waals surface area contributed by atoms with Gasteiger partial charge in [-0.3, -0.25) is 4.79 Å². The van der Waals surface area contributed by atoms with E-state index in [-0.39, 0.29) is 22.9 Å². The van der Waals surface area contributed by atoms with Gasteiger partial charge in [0, 0.05) is 36.8 Å². The number of hydrogen-bond acceptors (Lipinski definition) is 4. The van der Waals surface area contributed by atoms with Gasteiger partial charge in [0.25, 0.3) is 5.91 Å². The topological polar surface area (TPSA) is 78.5 Å². The quantitative estimate of drug-likeness (QED) is 0.831. The lowest BCUT2D eigenvalue weighted by atomic mass is 9.98. The SMILES string of the molecule is CN(C(=O)c1ccc(S(=O)(=O)NC2CC2)cc1)C1CC2CCC(C1)N2. The minimum Gasteiger partial charge on any atom is -0.339 e. The molecule has 1 aromatic rings. The Morgan fingerprint density at radius 2 is 1.68 bits per heavy atom. The number of carbonyl (C=O) groups excluding carboxylic acids is 1. The van der Waals surface area contributed by atoms with E-state index >= 15 is 0 Å². The van der Waals surface area contributed by atoms with E-state index in [1.807, 2.05) is 11.9 Å². The van der Waals surface area contributed by atoms with Crippen LogP contribution in [0.25, 0.3) is 0 Å². The number of amides is 1. The summed E-state index contributed by atoms with van der Waals surface area (Å²) in [5, 5.41) is 3.59. The van der Waals surface area contributed by atoms with Crippen LogP contribution < -0.4 is 10.0 Å². The standard InChI is InChI=1S/C18H25N3O3S/c1-21(16-10-14-6-7-15(11-16)19-14)18(22)12-2-8-17(9-3-12)25(23,24)20-13-4-5-13/h2-3,8-9,13-16,19-20H,4-7,10-11H2,1H3. The van der Waals surface area contributed by atoms with Gasteiger partial charge in [0.2, 0.25) is 10.0 Å².